The van der Waals surface area contributed by atoms with Gasteiger partial charge in [-0.25, -0.2) is 0 Å². The van der Waals surface area contributed by atoms with Gasteiger partial charge < -0.3 is 10.1 Å². The molecule has 4 nitrogen and oxygen atoms in total. The molecule has 100 valence electrons. The zero-order valence-electron chi connectivity index (χ0n) is 10.6. The van der Waals surface area contributed by atoms with E-state index in [4.69, 9.17) is 10.00 Å². The van der Waals surface area contributed by atoms with Crippen molar-refractivity contribution >= 4 is 27.9 Å². The lowest BCUT2D eigenvalue weighted by Gasteiger charge is -2.03. The third kappa shape index (κ3) is 5.69. The molecule has 0 atom stereocenters. The first-order valence-corrected chi connectivity index (χ1v) is 6.61. The van der Waals surface area contributed by atoms with Crippen LogP contribution in [0, 0.1) is 11.3 Å². The van der Waals surface area contributed by atoms with Crippen molar-refractivity contribution in [2.45, 2.75) is 6.42 Å². The molecule has 0 bridgehead atoms. The van der Waals surface area contributed by atoms with E-state index in [0.29, 0.717) is 13.2 Å². The Labute approximate surface area is 121 Å². The van der Waals surface area contributed by atoms with E-state index in [1.807, 2.05) is 30.3 Å². The number of hydrogen-bond acceptors (Lipinski definition) is 3. The van der Waals surface area contributed by atoms with E-state index in [-0.39, 0.29) is 11.5 Å². The summed E-state index contributed by atoms with van der Waals surface area (Å²) in [6.45, 7) is 1.07. The molecule has 5 heteroatoms. The average Bonchev–Trinajstić information content (AvgIpc) is 2.42. The topological polar surface area (TPSA) is 62.1 Å². The van der Waals surface area contributed by atoms with Crippen LogP contribution in [0.4, 0.5) is 0 Å². The van der Waals surface area contributed by atoms with Crippen LogP contribution in [0.25, 0.3) is 6.08 Å². The summed E-state index contributed by atoms with van der Waals surface area (Å²) in [6, 6.07) is 9.29. The van der Waals surface area contributed by atoms with Crippen LogP contribution < -0.4 is 5.32 Å². The van der Waals surface area contributed by atoms with Gasteiger partial charge in [-0.3, -0.25) is 4.79 Å². The average molecular weight is 323 g/mol. The number of methoxy groups -OCH3 is 1. The molecule has 0 unspecified atom stereocenters. The molecule has 0 spiro atoms. The number of nitriles is 1. The van der Waals surface area contributed by atoms with E-state index in [2.05, 4.69) is 21.2 Å². The minimum Gasteiger partial charge on any atom is -0.385 e. The molecule has 0 saturated carbocycles. The van der Waals surface area contributed by atoms with Crippen molar-refractivity contribution in [3.8, 4) is 6.07 Å². The summed E-state index contributed by atoms with van der Waals surface area (Å²) in [5, 5.41) is 11.7. The van der Waals surface area contributed by atoms with E-state index in [1.165, 1.54) is 0 Å². The van der Waals surface area contributed by atoms with Crippen LogP contribution in [0.5, 0.6) is 0 Å². The normalized spacial score (nSPS) is 10.9. The Balaban J connectivity index is 2.64. The Morgan fingerprint density at radius 1 is 1.47 bits per heavy atom. The number of amides is 1. The molecule has 1 aromatic carbocycles. The fourth-order valence-corrected chi connectivity index (χ4v) is 1.65. The van der Waals surface area contributed by atoms with E-state index in [9.17, 15) is 4.79 Å². The fraction of sp³-hybridized carbons (Fsp3) is 0.286. The van der Waals surface area contributed by atoms with Crippen LogP contribution >= 0.6 is 15.9 Å². The molecule has 0 fully saturated rings. The van der Waals surface area contributed by atoms with Crippen molar-refractivity contribution in [2.75, 3.05) is 20.3 Å². The van der Waals surface area contributed by atoms with Crippen molar-refractivity contribution in [3.05, 3.63) is 39.9 Å². The molecular formula is C14H15BrN2O2. The maximum Gasteiger partial charge on any atom is 0.261 e. The molecule has 1 N–H and O–H groups in total. The summed E-state index contributed by atoms with van der Waals surface area (Å²) in [4.78, 5) is 11.8. The molecule has 0 saturated heterocycles. The minimum absolute atomic E-state index is 0.0970. The van der Waals surface area contributed by atoms with Crippen molar-refractivity contribution in [1.82, 2.24) is 5.32 Å². The highest BCUT2D eigenvalue weighted by molar-refractivity contribution is 9.10. The Morgan fingerprint density at radius 2 is 2.16 bits per heavy atom. The SMILES string of the molecule is COCCCNC(=O)/C(C#N)=C/c1ccc(Br)cc1. The highest BCUT2D eigenvalue weighted by Crippen LogP contribution is 2.13. The number of hydrogen-bond donors (Lipinski definition) is 1. The third-order valence-electron chi connectivity index (χ3n) is 2.36. The summed E-state index contributed by atoms with van der Waals surface area (Å²) in [7, 11) is 1.61. The Morgan fingerprint density at radius 3 is 2.74 bits per heavy atom. The van der Waals surface area contributed by atoms with E-state index in [0.717, 1.165) is 16.5 Å². The van der Waals surface area contributed by atoms with E-state index >= 15 is 0 Å². The quantitative estimate of drug-likeness (QED) is 0.497. The second-order valence-corrected chi connectivity index (χ2v) is 4.74. The van der Waals surface area contributed by atoms with Crippen LogP contribution in [-0.2, 0) is 9.53 Å². The van der Waals surface area contributed by atoms with Gasteiger partial charge in [0.1, 0.15) is 11.6 Å². The van der Waals surface area contributed by atoms with Gasteiger partial charge in [0.25, 0.3) is 5.91 Å². The Kier molecular flexibility index (Phi) is 6.86. The second kappa shape index (κ2) is 8.46. The molecule has 1 aromatic rings. The van der Waals surface area contributed by atoms with Gasteiger partial charge in [-0.05, 0) is 30.2 Å². The number of carbonyl (C=O) groups excluding carboxylic acids is 1. The molecule has 0 aliphatic carbocycles. The lowest BCUT2D eigenvalue weighted by atomic mass is 10.1. The fourth-order valence-electron chi connectivity index (χ4n) is 1.39. The monoisotopic (exact) mass is 322 g/mol. The predicted molar refractivity (Wildman–Crippen MR) is 77.2 cm³/mol. The molecule has 1 amide bonds. The standard InChI is InChI=1S/C14H15BrN2O2/c1-19-8-2-7-17-14(18)12(10-16)9-11-3-5-13(15)6-4-11/h3-6,9H,2,7-8H2,1H3,(H,17,18)/b12-9+. The third-order valence-corrected chi connectivity index (χ3v) is 2.89. The first-order valence-electron chi connectivity index (χ1n) is 5.82. The molecule has 0 radical (unpaired) electrons. The molecule has 0 aliphatic heterocycles. The van der Waals surface area contributed by atoms with Crippen LogP contribution in [0.15, 0.2) is 34.3 Å². The van der Waals surface area contributed by atoms with Gasteiger partial charge in [0.05, 0.1) is 0 Å². The summed E-state index contributed by atoms with van der Waals surface area (Å²) < 4.78 is 5.83. The Bertz CT molecular complexity index is 489. The summed E-state index contributed by atoms with van der Waals surface area (Å²) in [6.07, 6.45) is 2.29. The largest absolute Gasteiger partial charge is 0.385 e. The Hall–Kier alpha value is -1.64. The van der Waals surface area contributed by atoms with Crippen molar-refractivity contribution < 1.29 is 9.53 Å². The number of rotatable bonds is 6. The predicted octanol–water partition coefficient (Wildman–Crippen LogP) is 2.51. The lowest BCUT2D eigenvalue weighted by molar-refractivity contribution is -0.117. The van der Waals surface area contributed by atoms with Gasteiger partial charge >= 0.3 is 0 Å². The smallest absolute Gasteiger partial charge is 0.261 e. The molecule has 1 rings (SSSR count). The number of nitrogens with zero attached hydrogens (tertiary/aromatic N) is 1. The van der Waals surface area contributed by atoms with E-state index < -0.39 is 0 Å². The number of carbonyl (C=O) groups is 1. The zero-order chi connectivity index (χ0) is 14.1. The zero-order valence-corrected chi connectivity index (χ0v) is 12.2. The first-order chi connectivity index (χ1) is 9.17. The summed E-state index contributed by atoms with van der Waals surface area (Å²) in [5.41, 5.74) is 0.909. The van der Waals surface area contributed by atoms with Crippen molar-refractivity contribution in [2.24, 2.45) is 0 Å². The van der Waals surface area contributed by atoms with Crippen molar-refractivity contribution in [1.29, 1.82) is 5.26 Å². The number of nitrogens with one attached hydrogen (secondary N) is 1. The summed E-state index contributed by atoms with van der Waals surface area (Å²) >= 11 is 3.33. The second-order valence-electron chi connectivity index (χ2n) is 3.82. The van der Waals surface area contributed by atoms with Crippen LogP contribution in [0.2, 0.25) is 0 Å². The van der Waals surface area contributed by atoms with Crippen LogP contribution in [-0.4, -0.2) is 26.2 Å². The minimum atomic E-state index is -0.360. The first kappa shape index (κ1) is 15.4. The molecule has 19 heavy (non-hydrogen) atoms. The van der Waals surface area contributed by atoms with Gasteiger partial charge in [0.2, 0.25) is 0 Å². The highest BCUT2D eigenvalue weighted by atomic mass is 79.9. The maximum atomic E-state index is 11.8. The molecule has 0 heterocycles. The molecule has 0 aromatic heterocycles. The van der Waals surface area contributed by atoms with Crippen LogP contribution in [0.1, 0.15) is 12.0 Å². The van der Waals surface area contributed by atoms with Gasteiger partial charge in [0.15, 0.2) is 0 Å². The maximum absolute atomic E-state index is 11.8. The van der Waals surface area contributed by atoms with Gasteiger partial charge in [-0.1, -0.05) is 28.1 Å². The van der Waals surface area contributed by atoms with Gasteiger partial charge in [-0.15, -0.1) is 0 Å². The number of benzene rings is 1. The van der Waals surface area contributed by atoms with Crippen molar-refractivity contribution in [3.63, 3.8) is 0 Å². The van der Waals surface area contributed by atoms with Crippen LogP contribution in [0.3, 0.4) is 0 Å². The lowest BCUT2D eigenvalue weighted by Crippen LogP contribution is -2.26. The van der Waals surface area contributed by atoms with Gasteiger partial charge in [-0.2, -0.15) is 5.26 Å². The highest BCUT2D eigenvalue weighted by Gasteiger charge is 2.07. The number of halogens is 1. The number of ether oxygens (including phenoxy) is 1. The van der Waals surface area contributed by atoms with Gasteiger partial charge in [0, 0.05) is 24.7 Å². The summed E-state index contributed by atoms with van der Waals surface area (Å²) in [5.74, 6) is -0.360. The molecule has 0 aliphatic rings. The molecular weight excluding hydrogens is 308 g/mol. The van der Waals surface area contributed by atoms with E-state index in [1.54, 1.807) is 13.2 Å².